The first-order valence-corrected chi connectivity index (χ1v) is 10.7. The molecule has 7 heteroatoms. The molecule has 2 amide bonds. The molecule has 1 fully saturated rings. The first-order chi connectivity index (χ1) is 15.9. The average Bonchev–Trinajstić information content (AvgIpc) is 3.10. The summed E-state index contributed by atoms with van der Waals surface area (Å²) in [5.41, 5.74) is 2.40. The van der Waals surface area contributed by atoms with Gasteiger partial charge in [-0.15, -0.1) is 0 Å². The number of amides is 2. The molecule has 7 rings (SSSR count). The van der Waals surface area contributed by atoms with Crippen molar-refractivity contribution in [2.75, 3.05) is 4.90 Å². The van der Waals surface area contributed by atoms with Gasteiger partial charge in [0.25, 0.3) is 5.69 Å². The van der Waals surface area contributed by atoms with E-state index < -0.39 is 34.0 Å². The van der Waals surface area contributed by atoms with Crippen LogP contribution in [0.25, 0.3) is 0 Å². The zero-order valence-electron chi connectivity index (χ0n) is 17.6. The van der Waals surface area contributed by atoms with Gasteiger partial charge < -0.3 is 4.79 Å². The lowest BCUT2D eigenvalue weighted by molar-refractivity contribution is -0.385. The minimum absolute atomic E-state index is 0.158. The lowest BCUT2D eigenvalue weighted by Crippen LogP contribution is -2.54. The van der Waals surface area contributed by atoms with Crippen LogP contribution in [0.3, 0.4) is 0 Å². The Morgan fingerprint density at radius 3 is 2.12 bits per heavy atom. The smallest absolute Gasteiger partial charge is 0.274 e. The molecule has 1 saturated heterocycles. The van der Waals surface area contributed by atoms with E-state index in [9.17, 15) is 24.5 Å². The van der Waals surface area contributed by atoms with Gasteiger partial charge in [-0.2, -0.15) is 0 Å². The Bertz CT molecular complexity index is 1360. The molecule has 0 unspecified atom stereocenters. The summed E-state index contributed by atoms with van der Waals surface area (Å²) in [5, 5.41) is 11.5. The van der Waals surface area contributed by atoms with E-state index in [4.69, 9.17) is 0 Å². The van der Waals surface area contributed by atoms with Crippen LogP contribution in [-0.4, -0.2) is 23.0 Å². The van der Waals surface area contributed by atoms with Gasteiger partial charge in [0.1, 0.15) is 6.29 Å². The average molecular weight is 438 g/mol. The van der Waals surface area contributed by atoms with Crippen LogP contribution in [0, 0.1) is 28.9 Å². The number of carbonyl (C=O) groups is 3. The molecule has 162 valence electrons. The van der Waals surface area contributed by atoms with Gasteiger partial charge in [0.15, 0.2) is 0 Å². The summed E-state index contributed by atoms with van der Waals surface area (Å²) in [7, 11) is 0. The van der Waals surface area contributed by atoms with Crippen molar-refractivity contribution in [3.8, 4) is 0 Å². The van der Waals surface area contributed by atoms with Gasteiger partial charge in [0, 0.05) is 17.5 Å². The van der Waals surface area contributed by atoms with E-state index in [1.165, 1.54) is 12.1 Å². The molecule has 0 aromatic heterocycles. The third-order valence-corrected chi connectivity index (χ3v) is 7.52. The third kappa shape index (κ3) is 2.21. The summed E-state index contributed by atoms with van der Waals surface area (Å²) in [6.45, 7) is 1.60. The number of nitrogens with zero attached hydrogens (tertiary/aromatic N) is 2. The van der Waals surface area contributed by atoms with Crippen LogP contribution in [-0.2, 0) is 19.8 Å². The van der Waals surface area contributed by atoms with Crippen LogP contribution in [0.4, 0.5) is 11.4 Å². The number of carbonyl (C=O) groups excluding carboxylic acids is 3. The highest BCUT2D eigenvalue weighted by atomic mass is 16.6. The van der Waals surface area contributed by atoms with Crippen molar-refractivity contribution >= 4 is 29.5 Å². The van der Waals surface area contributed by atoms with Crippen molar-refractivity contribution in [1.82, 2.24) is 0 Å². The number of anilines is 1. The van der Waals surface area contributed by atoms with E-state index in [2.05, 4.69) is 0 Å². The van der Waals surface area contributed by atoms with Crippen LogP contribution in [0.15, 0.2) is 66.7 Å². The summed E-state index contributed by atoms with van der Waals surface area (Å²) >= 11 is 0. The molecule has 4 aliphatic rings. The van der Waals surface area contributed by atoms with Gasteiger partial charge in [0.2, 0.25) is 11.8 Å². The van der Waals surface area contributed by atoms with Crippen molar-refractivity contribution in [3.05, 3.63) is 105 Å². The first-order valence-electron chi connectivity index (χ1n) is 10.7. The maximum absolute atomic E-state index is 13.9. The number of benzene rings is 3. The number of hydrogen-bond acceptors (Lipinski definition) is 5. The molecule has 3 aliphatic carbocycles. The lowest BCUT2D eigenvalue weighted by atomic mass is 9.48. The highest BCUT2D eigenvalue weighted by Gasteiger charge is 2.68. The van der Waals surface area contributed by atoms with Gasteiger partial charge in [0.05, 0.1) is 27.9 Å². The number of nitro groups is 1. The minimum Gasteiger partial charge on any atom is -0.302 e. The molecular weight excluding hydrogens is 420 g/mol. The predicted molar refractivity (Wildman–Crippen MR) is 119 cm³/mol. The molecule has 3 aromatic carbocycles. The quantitative estimate of drug-likeness (QED) is 0.269. The number of hydrogen-bond donors (Lipinski definition) is 0. The fourth-order valence-electron chi connectivity index (χ4n) is 6.22. The fraction of sp³-hybridized carbons (Fsp3) is 0.192. The van der Waals surface area contributed by atoms with Gasteiger partial charge in [-0.3, -0.25) is 19.7 Å². The van der Waals surface area contributed by atoms with Crippen LogP contribution in [0.2, 0.25) is 0 Å². The Morgan fingerprint density at radius 2 is 1.55 bits per heavy atom. The van der Waals surface area contributed by atoms with Crippen molar-refractivity contribution in [2.45, 2.75) is 18.3 Å². The largest absolute Gasteiger partial charge is 0.302 e. The molecule has 0 saturated carbocycles. The van der Waals surface area contributed by atoms with E-state index in [-0.39, 0.29) is 17.3 Å². The van der Waals surface area contributed by atoms with E-state index in [0.29, 0.717) is 5.56 Å². The minimum atomic E-state index is -1.29. The Hall–Kier alpha value is -4.13. The zero-order valence-corrected chi connectivity index (χ0v) is 17.6. The van der Waals surface area contributed by atoms with Crippen LogP contribution in [0.5, 0.6) is 0 Å². The first kappa shape index (κ1) is 19.5. The maximum Gasteiger partial charge on any atom is 0.274 e. The monoisotopic (exact) mass is 438 g/mol. The maximum atomic E-state index is 13.9. The standard InChI is InChI=1S/C26H18N2O5/c1-14-10-11-15(12-20(14)28(32)33)27-24(30)22-21-16-6-2-4-8-18(16)26(13-29,23(22)25(27)31)19-9-5-3-7-17(19)21/h2-13,21-23H,1H3/t21?,22-,23+,26?/m0/s1. The van der Waals surface area contributed by atoms with E-state index in [0.717, 1.165) is 33.4 Å². The van der Waals surface area contributed by atoms with Gasteiger partial charge in [-0.25, -0.2) is 4.90 Å². The SMILES string of the molecule is Cc1ccc(N2C(=O)[C@H]3C4c5ccccc5C(C=O)(c5ccccc54)[C@H]3C2=O)cc1[N+](=O)[O-]. The molecule has 0 spiro atoms. The second-order valence-electron chi connectivity index (χ2n) is 8.88. The Kier molecular flexibility index (Phi) is 3.82. The summed E-state index contributed by atoms with van der Waals surface area (Å²) < 4.78 is 0. The van der Waals surface area contributed by atoms with Crippen molar-refractivity contribution < 1.29 is 19.3 Å². The second-order valence-corrected chi connectivity index (χ2v) is 8.88. The molecule has 2 bridgehead atoms. The highest BCUT2D eigenvalue weighted by Crippen LogP contribution is 2.63. The fourth-order valence-corrected chi connectivity index (χ4v) is 6.22. The number of aryl methyl sites for hydroxylation is 1. The van der Waals surface area contributed by atoms with Gasteiger partial charge >= 0.3 is 0 Å². The summed E-state index contributed by atoms with van der Waals surface area (Å²) in [6.07, 6.45) is 0.810. The summed E-state index contributed by atoms with van der Waals surface area (Å²) in [5.74, 6) is -2.95. The highest BCUT2D eigenvalue weighted by molar-refractivity contribution is 6.25. The molecule has 3 aromatic rings. The normalized spacial score (nSPS) is 26.6. The molecule has 0 radical (unpaired) electrons. The number of imide groups is 1. The summed E-state index contributed by atoms with van der Waals surface area (Å²) in [6, 6.07) is 19.3. The Balaban J connectivity index is 1.61. The number of nitro benzene ring substituents is 1. The predicted octanol–water partition coefficient (Wildman–Crippen LogP) is 3.65. The van der Waals surface area contributed by atoms with Crippen molar-refractivity contribution in [2.24, 2.45) is 11.8 Å². The van der Waals surface area contributed by atoms with Crippen LogP contribution < -0.4 is 4.90 Å². The molecule has 33 heavy (non-hydrogen) atoms. The topological polar surface area (TPSA) is 97.6 Å². The number of aldehydes is 1. The van der Waals surface area contributed by atoms with Crippen molar-refractivity contribution in [3.63, 3.8) is 0 Å². The number of rotatable bonds is 3. The van der Waals surface area contributed by atoms with Crippen LogP contribution >= 0.6 is 0 Å². The molecule has 1 heterocycles. The molecule has 7 nitrogen and oxygen atoms in total. The molecule has 2 atom stereocenters. The second kappa shape index (κ2) is 6.45. The van der Waals surface area contributed by atoms with Gasteiger partial charge in [-0.1, -0.05) is 54.6 Å². The van der Waals surface area contributed by atoms with E-state index in [1.807, 2.05) is 48.5 Å². The molecular formula is C26H18N2O5. The zero-order chi connectivity index (χ0) is 23.1. The Morgan fingerprint density at radius 1 is 0.939 bits per heavy atom. The molecule has 1 aliphatic heterocycles. The lowest BCUT2D eigenvalue weighted by Gasteiger charge is -2.51. The third-order valence-electron chi connectivity index (χ3n) is 7.52. The molecule has 0 N–H and O–H groups in total. The van der Waals surface area contributed by atoms with Gasteiger partial charge in [-0.05, 0) is 35.2 Å². The summed E-state index contributed by atoms with van der Waals surface area (Å²) in [4.78, 5) is 52.6. The van der Waals surface area contributed by atoms with E-state index >= 15 is 0 Å². The van der Waals surface area contributed by atoms with E-state index in [1.54, 1.807) is 13.0 Å². The van der Waals surface area contributed by atoms with Crippen LogP contribution in [0.1, 0.15) is 33.7 Å². The Labute approximate surface area is 188 Å². The van der Waals surface area contributed by atoms with Crippen molar-refractivity contribution in [1.29, 1.82) is 0 Å².